The van der Waals surface area contributed by atoms with Gasteiger partial charge in [-0.05, 0) is 42.2 Å². The predicted octanol–water partition coefficient (Wildman–Crippen LogP) is 3.48. The number of nitrogens with one attached hydrogen (secondary N) is 1. The first kappa shape index (κ1) is 15.6. The van der Waals surface area contributed by atoms with Crippen molar-refractivity contribution in [3.8, 4) is 0 Å². The zero-order chi connectivity index (χ0) is 15.4. The number of carbonyl (C=O) groups is 1. The molecule has 118 valence electrons. The average molecular weight is 336 g/mol. The van der Waals surface area contributed by atoms with E-state index in [-0.39, 0.29) is 18.1 Å². The lowest BCUT2D eigenvalue weighted by Crippen LogP contribution is -2.32. The summed E-state index contributed by atoms with van der Waals surface area (Å²) in [5, 5.41) is 10.3. The van der Waals surface area contributed by atoms with Crippen molar-refractivity contribution in [1.82, 2.24) is 10.3 Å². The van der Waals surface area contributed by atoms with Crippen molar-refractivity contribution in [1.29, 1.82) is 0 Å². The van der Waals surface area contributed by atoms with Crippen LogP contribution in [0.2, 0.25) is 0 Å². The molecule has 1 aliphatic rings. The van der Waals surface area contributed by atoms with Crippen LogP contribution in [0.25, 0.3) is 0 Å². The molecule has 2 atom stereocenters. The highest BCUT2D eigenvalue weighted by Crippen LogP contribution is 2.24. The molecule has 0 aliphatic carbocycles. The third-order valence-corrected chi connectivity index (χ3v) is 5.54. The van der Waals surface area contributed by atoms with Crippen LogP contribution in [0.15, 0.2) is 22.2 Å². The predicted molar refractivity (Wildman–Crippen MR) is 89.3 cm³/mol. The summed E-state index contributed by atoms with van der Waals surface area (Å²) in [6.45, 7) is 2.76. The van der Waals surface area contributed by atoms with E-state index in [9.17, 15) is 4.79 Å². The Hall–Kier alpha value is -1.24. The van der Waals surface area contributed by atoms with E-state index in [0.29, 0.717) is 6.42 Å². The number of carbonyl (C=O) groups excluding carboxylic acids is 1. The lowest BCUT2D eigenvalue weighted by atomic mass is 10.1. The van der Waals surface area contributed by atoms with Crippen LogP contribution in [0, 0.1) is 6.92 Å². The van der Waals surface area contributed by atoms with Crippen LogP contribution < -0.4 is 5.32 Å². The number of thiophene rings is 1. The first-order valence-corrected chi connectivity index (χ1v) is 9.37. The summed E-state index contributed by atoms with van der Waals surface area (Å²) in [5.41, 5.74) is 2.24. The summed E-state index contributed by atoms with van der Waals surface area (Å²) in [6.07, 6.45) is 3.36. The normalized spacial score (nSPS) is 19.2. The molecule has 0 unspecified atom stereocenters. The third kappa shape index (κ3) is 4.15. The van der Waals surface area contributed by atoms with Gasteiger partial charge in [-0.3, -0.25) is 4.79 Å². The lowest BCUT2D eigenvalue weighted by molar-refractivity contribution is -0.124. The van der Waals surface area contributed by atoms with Crippen LogP contribution in [0.3, 0.4) is 0 Å². The van der Waals surface area contributed by atoms with Gasteiger partial charge in [-0.15, -0.1) is 11.3 Å². The van der Waals surface area contributed by atoms with Crippen molar-refractivity contribution in [3.63, 3.8) is 0 Å². The maximum absolute atomic E-state index is 12.3. The minimum atomic E-state index is -0.0535. The number of amides is 1. The Morgan fingerprint density at radius 2 is 2.45 bits per heavy atom. The van der Waals surface area contributed by atoms with Gasteiger partial charge in [0.2, 0.25) is 5.91 Å². The van der Waals surface area contributed by atoms with Crippen LogP contribution in [0.4, 0.5) is 0 Å². The van der Waals surface area contributed by atoms with Gasteiger partial charge in [-0.2, -0.15) is 11.3 Å². The Labute approximate surface area is 138 Å². The fourth-order valence-electron chi connectivity index (χ4n) is 2.64. The molecule has 0 radical (unpaired) electrons. The fraction of sp³-hybridized carbons (Fsp3) is 0.500. The Morgan fingerprint density at radius 3 is 3.09 bits per heavy atom. The Balaban J connectivity index is 1.66. The first-order chi connectivity index (χ1) is 10.7. The number of hydrogen-bond acceptors (Lipinski definition) is 5. The molecule has 1 amide bonds. The Kier molecular flexibility index (Phi) is 5.23. The van der Waals surface area contributed by atoms with Gasteiger partial charge in [0.25, 0.3) is 0 Å². The SMILES string of the molecule is Cc1csc([C@H](Cc2ccsc2)NC(=O)C[C@@H]2CCCO2)n1. The molecule has 1 fully saturated rings. The summed E-state index contributed by atoms with van der Waals surface area (Å²) < 4.78 is 5.55. The van der Waals surface area contributed by atoms with Gasteiger partial charge in [0.15, 0.2) is 0 Å². The van der Waals surface area contributed by atoms with E-state index in [1.807, 2.05) is 12.3 Å². The van der Waals surface area contributed by atoms with Gasteiger partial charge in [-0.1, -0.05) is 0 Å². The molecule has 22 heavy (non-hydrogen) atoms. The number of aryl methyl sites for hydroxylation is 1. The molecule has 6 heteroatoms. The van der Waals surface area contributed by atoms with Gasteiger partial charge < -0.3 is 10.1 Å². The van der Waals surface area contributed by atoms with Crippen molar-refractivity contribution in [2.45, 2.75) is 44.8 Å². The van der Waals surface area contributed by atoms with Crippen LogP contribution in [0.5, 0.6) is 0 Å². The Morgan fingerprint density at radius 1 is 1.55 bits per heavy atom. The zero-order valence-electron chi connectivity index (χ0n) is 12.6. The summed E-state index contributed by atoms with van der Waals surface area (Å²) >= 11 is 3.29. The maximum atomic E-state index is 12.3. The lowest BCUT2D eigenvalue weighted by Gasteiger charge is -2.17. The molecular weight excluding hydrogens is 316 g/mol. The van der Waals surface area contributed by atoms with Crippen molar-refractivity contribution >= 4 is 28.6 Å². The number of aromatic nitrogens is 1. The van der Waals surface area contributed by atoms with E-state index in [2.05, 4.69) is 27.1 Å². The quantitative estimate of drug-likeness (QED) is 0.878. The van der Waals surface area contributed by atoms with Crippen LogP contribution in [-0.4, -0.2) is 23.6 Å². The molecule has 0 bridgehead atoms. The van der Waals surface area contributed by atoms with Gasteiger partial charge in [0.1, 0.15) is 5.01 Å². The monoisotopic (exact) mass is 336 g/mol. The minimum Gasteiger partial charge on any atom is -0.378 e. The topological polar surface area (TPSA) is 51.2 Å². The van der Waals surface area contributed by atoms with Crippen LogP contribution >= 0.6 is 22.7 Å². The second-order valence-corrected chi connectivity index (χ2v) is 7.29. The highest BCUT2D eigenvalue weighted by Gasteiger charge is 2.23. The zero-order valence-corrected chi connectivity index (χ0v) is 14.2. The minimum absolute atomic E-state index is 0.0535. The number of rotatable bonds is 6. The molecule has 1 N–H and O–H groups in total. The second kappa shape index (κ2) is 7.35. The van der Waals surface area contributed by atoms with Gasteiger partial charge in [-0.25, -0.2) is 4.98 Å². The largest absolute Gasteiger partial charge is 0.378 e. The molecule has 0 saturated carbocycles. The van der Waals surface area contributed by atoms with E-state index in [1.165, 1.54) is 5.56 Å². The molecule has 3 rings (SSSR count). The molecule has 1 saturated heterocycles. The Bertz CT molecular complexity index is 603. The number of hydrogen-bond donors (Lipinski definition) is 1. The molecule has 2 aromatic rings. The molecule has 1 aliphatic heterocycles. The molecule has 4 nitrogen and oxygen atoms in total. The molecule has 0 spiro atoms. The highest BCUT2D eigenvalue weighted by atomic mass is 32.1. The van der Waals surface area contributed by atoms with Gasteiger partial charge >= 0.3 is 0 Å². The van der Waals surface area contributed by atoms with Crippen LogP contribution in [0.1, 0.15) is 41.6 Å². The van der Waals surface area contributed by atoms with Crippen LogP contribution in [-0.2, 0) is 16.0 Å². The van der Waals surface area contributed by atoms with E-state index in [0.717, 1.165) is 36.6 Å². The fourth-order valence-corrected chi connectivity index (χ4v) is 4.17. The number of thiazole rings is 1. The maximum Gasteiger partial charge on any atom is 0.223 e. The van der Waals surface area contributed by atoms with Gasteiger partial charge in [0, 0.05) is 24.1 Å². The summed E-state index contributed by atoms with van der Waals surface area (Å²) in [7, 11) is 0. The van der Waals surface area contributed by atoms with E-state index < -0.39 is 0 Å². The summed E-state index contributed by atoms with van der Waals surface area (Å²) in [6, 6.07) is 2.05. The second-order valence-electron chi connectivity index (χ2n) is 5.62. The van der Waals surface area contributed by atoms with Gasteiger partial charge in [0.05, 0.1) is 18.6 Å². The van der Waals surface area contributed by atoms with Crippen molar-refractivity contribution in [2.75, 3.05) is 6.61 Å². The highest BCUT2D eigenvalue weighted by molar-refractivity contribution is 7.09. The van der Waals surface area contributed by atoms with Crippen molar-refractivity contribution < 1.29 is 9.53 Å². The molecular formula is C16H20N2O2S2. The summed E-state index contributed by atoms with van der Waals surface area (Å²) in [4.78, 5) is 16.9. The van der Waals surface area contributed by atoms with Crippen molar-refractivity contribution in [2.24, 2.45) is 0 Å². The molecule has 0 aromatic carbocycles. The standard InChI is InChI=1S/C16H20N2O2S2/c1-11-9-22-16(17-11)14(7-12-4-6-21-10-12)18-15(19)8-13-3-2-5-20-13/h4,6,9-10,13-14H,2-3,5,7-8H2,1H3,(H,18,19)/t13-,14-/m0/s1. The van der Waals surface area contributed by atoms with E-state index in [1.54, 1.807) is 22.7 Å². The molecule has 3 heterocycles. The number of ether oxygens (including phenoxy) is 1. The first-order valence-electron chi connectivity index (χ1n) is 7.55. The van der Waals surface area contributed by atoms with E-state index >= 15 is 0 Å². The smallest absolute Gasteiger partial charge is 0.223 e. The van der Waals surface area contributed by atoms with E-state index in [4.69, 9.17) is 4.74 Å². The third-order valence-electron chi connectivity index (χ3n) is 3.73. The summed E-state index contributed by atoms with van der Waals surface area (Å²) in [5.74, 6) is 0.0555. The average Bonchev–Trinajstić information content (AvgIpc) is 3.20. The number of nitrogens with zero attached hydrogens (tertiary/aromatic N) is 1. The molecule has 2 aromatic heterocycles. The van der Waals surface area contributed by atoms with Crippen molar-refractivity contribution in [3.05, 3.63) is 38.5 Å².